The highest BCUT2D eigenvalue weighted by Crippen LogP contribution is 2.25. The molecule has 2 rings (SSSR count). The minimum Gasteiger partial charge on any atom is -0.465 e. The molecule has 0 unspecified atom stereocenters. The van der Waals surface area contributed by atoms with Gasteiger partial charge in [-0.25, -0.2) is 4.68 Å². The highest BCUT2D eigenvalue weighted by Gasteiger charge is 2.16. The van der Waals surface area contributed by atoms with Crippen molar-refractivity contribution in [2.24, 2.45) is 0 Å². The van der Waals surface area contributed by atoms with Crippen LogP contribution in [0.4, 0.5) is 5.69 Å². The summed E-state index contributed by atoms with van der Waals surface area (Å²) in [4.78, 5) is 26.3. The normalized spacial score (nSPS) is 11.0. The highest BCUT2D eigenvalue weighted by atomic mass is 16.5. The van der Waals surface area contributed by atoms with Gasteiger partial charge in [-0.2, -0.15) is 5.10 Å². The van der Waals surface area contributed by atoms with Gasteiger partial charge in [-0.1, -0.05) is 13.8 Å². The van der Waals surface area contributed by atoms with Crippen LogP contribution in [0.3, 0.4) is 0 Å². The molecule has 1 aromatic carbocycles. The lowest BCUT2D eigenvalue weighted by Crippen LogP contribution is -2.29. The van der Waals surface area contributed by atoms with Crippen LogP contribution in [0, 0.1) is 0 Å². The van der Waals surface area contributed by atoms with Gasteiger partial charge in [-0.3, -0.25) is 9.59 Å². The number of hydrogen-bond donors (Lipinski definition) is 0. The molecule has 124 valence electrons. The van der Waals surface area contributed by atoms with Crippen molar-refractivity contribution >= 4 is 22.4 Å². The standard InChI is InChI=1S/C17H23N3O3/c1-6-23-15(21)10-20-17(22)13-8-7-12(19(4)5)9-14(13)16(18-20)11(2)3/h7-9,11H,6,10H2,1-5H3. The topological polar surface area (TPSA) is 64.4 Å². The van der Waals surface area contributed by atoms with Crippen LogP contribution in [0.5, 0.6) is 0 Å². The first-order valence-electron chi connectivity index (χ1n) is 7.72. The Balaban J connectivity index is 2.64. The van der Waals surface area contributed by atoms with Crippen molar-refractivity contribution in [2.75, 3.05) is 25.6 Å². The molecule has 0 bridgehead atoms. The molecule has 2 aromatic rings. The molecule has 0 aliphatic carbocycles. The molecule has 0 saturated heterocycles. The molecular formula is C17H23N3O3. The van der Waals surface area contributed by atoms with Gasteiger partial charge in [0, 0.05) is 25.2 Å². The van der Waals surface area contributed by atoms with Crippen LogP contribution in [-0.4, -0.2) is 36.5 Å². The molecule has 0 aliphatic rings. The number of carbonyl (C=O) groups is 1. The van der Waals surface area contributed by atoms with Gasteiger partial charge in [0.15, 0.2) is 0 Å². The van der Waals surface area contributed by atoms with E-state index >= 15 is 0 Å². The average Bonchev–Trinajstić information content (AvgIpc) is 2.49. The number of aromatic nitrogens is 2. The summed E-state index contributed by atoms with van der Waals surface area (Å²) in [5.41, 5.74) is 1.53. The summed E-state index contributed by atoms with van der Waals surface area (Å²) in [7, 11) is 3.90. The predicted octanol–water partition coefficient (Wildman–Crippen LogP) is 2.15. The third kappa shape index (κ3) is 3.52. The first-order chi connectivity index (χ1) is 10.8. The molecule has 0 atom stereocenters. The first-order valence-corrected chi connectivity index (χ1v) is 7.72. The Morgan fingerprint density at radius 1 is 1.30 bits per heavy atom. The zero-order chi connectivity index (χ0) is 17.1. The Labute approximate surface area is 135 Å². The van der Waals surface area contributed by atoms with Gasteiger partial charge in [0.1, 0.15) is 6.54 Å². The zero-order valence-electron chi connectivity index (χ0n) is 14.3. The van der Waals surface area contributed by atoms with E-state index in [2.05, 4.69) is 5.10 Å². The fraction of sp³-hybridized carbons (Fsp3) is 0.471. The molecule has 6 nitrogen and oxygen atoms in total. The van der Waals surface area contributed by atoms with Crippen molar-refractivity contribution in [1.82, 2.24) is 9.78 Å². The fourth-order valence-corrected chi connectivity index (χ4v) is 2.44. The first kappa shape index (κ1) is 17.0. The van der Waals surface area contributed by atoms with Crippen LogP contribution < -0.4 is 10.5 Å². The maximum Gasteiger partial charge on any atom is 0.327 e. The van der Waals surface area contributed by atoms with Crippen LogP contribution in [0.2, 0.25) is 0 Å². The van der Waals surface area contributed by atoms with Crippen LogP contribution in [-0.2, 0) is 16.1 Å². The van der Waals surface area contributed by atoms with Gasteiger partial charge in [-0.15, -0.1) is 0 Å². The summed E-state index contributed by atoms with van der Waals surface area (Å²) in [6.07, 6.45) is 0. The second kappa shape index (κ2) is 6.81. The molecule has 0 saturated carbocycles. The second-order valence-corrected chi connectivity index (χ2v) is 5.93. The lowest BCUT2D eigenvalue weighted by atomic mass is 10.0. The largest absolute Gasteiger partial charge is 0.465 e. The smallest absolute Gasteiger partial charge is 0.327 e. The fourth-order valence-electron chi connectivity index (χ4n) is 2.44. The monoisotopic (exact) mass is 317 g/mol. The van der Waals surface area contributed by atoms with E-state index in [1.807, 2.05) is 45.0 Å². The number of ether oxygens (including phenoxy) is 1. The SMILES string of the molecule is CCOC(=O)Cn1nc(C(C)C)c2cc(N(C)C)ccc2c1=O. The maximum absolute atomic E-state index is 12.6. The number of rotatable bonds is 5. The molecule has 0 radical (unpaired) electrons. The van der Waals surface area contributed by atoms with Crippen molar-refractivity contribution < 1.29 is 9.53 Å². The van der Waals surface area contributed by atoms with Gasteiger partial charge in [0.25, 0.3) is 5.56 Å². The number of benzene rings is 1. The predicted molar refractivity (Wildman–Crippen MR) is 91.1 cm³/mol. The summed E-state index contributed by atoms with van der Waals surface area (Å²) >= 11 is 0. The number of hydrogen-bond acceptors (Lipinski definition) is 5. The second-order valence-electron chi connectivity index (χ2n) is 5.93. The lowest BCUT2D eigenvalue weighted by molar-refractivity contribution is -0.144. The Kier molecular flexibility index (Phi) is 5.03. The van der Waals surface area contributed by atoms with Gasteiger partial charge >= 0.3 is 5.97 Å². The minimum atomic E-state index is -0.457. The van der Waals surface area contributed by atoms with E-state index in [4.69, 9.17) is 4.74 Å². The Bertz CT molecular complexity index is 778. The van der Waals surface area contributed by atoms with E-state index in [0.29, 0.717) is 5.39 Å². The summed E-state index contributed by atoms with van der Waals surface area (Å²) in [6, 6.07) is 5.65. The summed E-state index contributed by atoms with van der Waals surface area (Å²) in [5, 5.41) is 5.81. The van der Waals surface area contributed by atoms with Crippen LogP contribution in [0.25, 0.3) is 10.8 Å². The number of fused-ring (bicyclic) bond motifs is 1. The third-order valence-electron chi connectivity index (χ3n) is 3.62. The summed E-state index contributed by atoms with van der Waals surface area (Å²) in [5.74, 6) is -0.329. The van der Waals surface area contributed by atoms with Crippen molar-refractivity contribution in [2.45, 2.75) is 33.2 Å². The quantitative estimate of drug-likeness (QED) is 0.791. The van der Waals surface area contributed by atoms with E-state index in [0.717, 1.165) is 16.8 Å². The Morgan fingerprint density at radius 3 is 2.57 bits per heavy atom. The van der Waals surface area contributed by atoms with E-state index in [1.54, 1.807) is 13.0 Å². The van der Waals surface area contributed by atoms with Crippen molar-refractivity contribution in [3.05, 3.63) is 34.2 Å². The molecule has 0 aliphatic heterocycles. The minimum absolute atomic E-state index is 0.129. The molecule has 1 heterocycles. The van der Waals surface area contributed by atoms with Crippen LogP contribution in [0.15, 0.2) is 23.0 Å². The Hall–Kier alpha value is -2.37. The molecule has 0 spiro atoms. The summed E-state index contributed by atoms with van der Waals surface area (Å²) < 4.78 is 6.12. The molecule has 0 amide bonds. The van der Waals surface area contributed by atoms with E-state index in [-0.39, 0.29) is 24.6 Å². The molecule has 6 heteroatoms. The van der Waals surface area contributed by atoms with Gasteiger partial charge < -0.3 is 9.64 Å². The van der Waals surface area contributed by atoms with Crippen LogP contribution >= 0.6 is 0 Å². The van der Waals surface area contributed by atoms with Gasteiger partial charge in [0.2, 0.25) is 0 Å². The maximum atomic E-state index is 12.6. The average molecular weight is 317 g/mol. The molecule has 1 aromatic heterocycles. The molecule has 0 N–H and O–H groups in total. The van der Waals surface area contributed by atoms with E-state index in [1.165, 1.54) is 4.68 Å². The third-order valence-corrected chi connectivity index (χ3v) is 3.62. The van der Waals surface area contributed by atoms with Gasteiger partial charge in [0.05, 0.1) is 17.7 Å². The van der Waals surface area contributed by atoms with E-state index in [9.17, 15) is 9.59 Å². The van der Waals surface area contributed by atoms with Crippen molar-refractivity contribution in [3.8, 4) is 0 Å². The Morgan fingerprint density at radius 2 is 2.00 bits per heavy atom. The number of carbonyl (C=O) groups excluding carboxylic acids is 1. The summed E-state index contributed by atoms with van der Waals surface area (Å²) in [6.45, 7) is 5.88. The van der Waals surface area contributed by atoms with Crippen molar-refractivity contribution in [1.29, 1.82) is 0 Å². The molecule has 0 fully saturated rings. The van der Waals surface area contributed by atoms with Gasteiger partial charge in [-0.05, 0) is 31.0 Å². The number of anilines is 1. The molecule has 23 heavy (non-hydrogen) atoms. The van der Waals surface area contributed by atoms with Crippen molar-refractivity contribution in [3.63, 3.8) is 0 Å². The zero-order valence-corrected chi connectivity index (χ0v) is 14.3. The van der Waals surface area contributed by atoms with E-state index < -0.39 is 5.97 Å². The molecular weight excluding hydrogens is 294 g/mol. The number of nitrogens with zero attached hydrogens (tertiary/aromatic N) is 3. The number of esters is 1. The van der Waals surface area contributed by atoms with Crippen LogP contribution in [0.1, 0.15) is 32.4 Å². The highest BCUT2D eigenvalue weighted by molar-refractivity contribution is 5.87. The lowest BCUT2D eigenvalue weighted by Gasteiger charge is -2.16.